The van der Waals surface area contributed by atoms with E-state index in [1.807, 2.05) is 4.90 Å². The summed E-state index contributed by atoms with van der Waals surface area (Å²) in [5.41, 5.74) is 0.0770. The van der Waals surface area contributed by atoms with E-state index < -0.39 is 12.0 Å². The Bertz CT molecular complexity index is 974. The molecule has 8 nitrogen and oxygen atoms in total. The molecule has 142 valence electrons. The molecule has 1 saturated heterocycles. The highest BCUT2D eigenvalue weighted by atomic mass is 19.4. The van der Waals surface area contributed by atoms with Crippen LogP contribution in [0.3, 0.4) is 0 Å². The van der Waals surface area contributed by atoms with Crippen LogP contribution in [-0.2, 0) is 6.18 Å². The van der Waals surface area contributed by atoms with Crippen molar-refractivity contribution in [3.63, 3.8) is 0 Å². The van der Waals surface area contributed by atoms with E-state index in [2.05, 4.69) is 30.1 Å². The van der Waals surface area contributed by atoms with Gasteiger partial charge >= 0.3 is 6.18 Å². The minimum Gasteiger partial charge on any atom is -0.354 e. The average molecular weight is 378 g/mol. The molecule has 11 heteroatoms. The molecule has 0 radical (unpaired) electrons. The Morgan fingerprint density at radius 3 is 2.67 bits per heavy atom. The lowest BCUT2D eigenvalue weighted by Gasteiger charge is -2.33. The van der Waals surface area contributed by atoms with Crippen molar-refractivity contribution in [1.82, 2.24) is 34.6 Å². The Labute approximate surface area is 152 Å². The van der Waals surface area contributed by atoms with E-state index in [-0.39, 0.29) is 11.6 Å². The van der Waals surface area contributed by atoms with Crippen LogP contribution in [0.5, 0.6) is 0 Å². The molecule has 1 unspecified atom stereocenters. The summed E-state index contributed by atoms with van der Waals surface area (Å²) in [4.78, 5) is 2.00. The Morgan fingerprint density at radius 2 is 1.89 bits per heavy atom. The molecule has 1 aliphatic heterocycles. The lowest BCUT2D eigenvalue weighted by molar-refractivity contribution is -0.146. The van der Waals surface area contributed by atoms with Crippen LogP contribution in [0.2, 0.25) is 0 Å². The van der Waals surface area contributed by atoms with Crippen molar-refractivity contribution in [1.29, 1.82) is 0 Å². The van der Waals surface area contributed by atoms with Gasteiger partial charge in [0.15, 0.2) is 5.65 Å². The molecule has 4 heterocycles. The van der Waals surface area contributed by atoms with E-state index in [1.54, 1.807) is 12.4 Å². The van der Waals surface area contributed by atoms with Gasteiger partial charge in [0.1, 0.15) is 18.0 Å². The van der Waals surface area contributed by atoms with Gasteiger partial charge in [0.25, 0.3) is 5.82 Å². The number of fused-ring (bicyclic) bond motifs is 1. The second-order valence-electron chi connectivity index (χ2n) is 7.10. The van der Waals surface area contributed by atoms with Crippen LogP contribution in [-0.4, -0.2) is 47.7 Å². The second kappa shape index (κ2) is 5.89. The van der Waals surface area contributed by atoms with Crippen LogP contribution < -0.4 is 4.90 Å². The normalized spacial score (nSPS) is 21.1. The fourth-order valence-corrected chi connectivity index (χ4v) is 3.70. The first kappa shape index (κ1) is 16.5. The van der Waals surface area contributed by atoms with Gasteiger partial charge in [-0.05, 0) is 37.8 Å². The standard InChI is InChI=1S/C16H17F3N8/c17-16(18,19)15-23-21-12-5-6-13(24-27(12)15)25-7-1-2-10(8-25)14-22-20-9-26(14)11-3-4-11/h5-6,9-11H,1-4,7-8H2. The molecular weight excluding hydrogens is 361 g/mol. The molecule has 0 amide bonds. The molecule has 5 rings (SSSR count). The number of alkyl halides is 3. The molecule has 2 fully saturated rings. The van der Waals surface area contributed by atoms with Gasteiger partial charge in [-0.15, -0.1) is 25.5 Å². The summed E-state index contributed by atoms with van der Waals surface area (Å²) in [6, 6.07) is 3.70. The Kier molecular flexibility index (Phi) is 3.59. The molecule has 1 aliphatic carbocycles. The fourth-order valence-electron chi connectivity index (χ4n) is 3.70. The zero-order chi connectivity index (χ0) is 18.6. The number of anilines is 1. The molecule has 2 aliphatic rings. The van der Waals surface area contributed by atoms with Gasteiger partial charge in [0.2, 0.25) is 0 Å². The van der Waals surface area contributed by atoms with E-state index in [4.69, 9.17) is 0 Å². The summed E-state index contributed by atoms with van der Waals surface area (Å²) in [7, 11) is 0. The summed E-state index contributed by atoms with van der Waals surface area (Å²) >= 11 is 0. The molecule has 27 heavy (non-hydrogen) atoms. The van der Waals surface area contributed by atoms with Gasteiger partial charge in [0.05, 0.1) is 0 Å². The van der Waals surface area contributed by atoms with E-state index >= 15 is 0 Å². The average Bonchev–Trinajstić information content (AvgIpc) is 3.21. The van der Waals surface area contributed by atoms with Crippen molar-refractivity contribution in [3.8, 4) is 0 Å². The minimum atomic E-state index is -4.60. The Morgan fingerprint density at radius 1 is 1.04 bits per heavy atom. The van der Waals surface area contributed by atoms with Crippen LogP contribution >= 0.6 is 0 Å². The third-order valence-corrected chi connectivity index (χ3v) is 5.15. The number of hydrogen-bond donors (Lipinski definition) is 0. The molecule has 0 spiro atoms. The maximum absolute atomic E-state index is 13.1. The van der Waals surface area contributed by atoms with E-state index in [1.165, 1.54) is 6.07 Å². The largest absolute Gasteiger partial charge is 0.453 e. The summed E-state index contributed by atoms with van der Waals surface area (Å²) in [6.07, 6.45) is 1.36. The minimum absolute atomic E-state index is 0.0770. The molecular formula is C16H17F3N8. The highest BCUT2D eigenvalue weighted by Gasteiger charge is 2.38. The van der Waals surface area contributed by atoms with Gasteiger partial charge in [-0.25, -0.2) is 0 Å². The van der Waals surface area contributed by atoms with Crippen LogP contribution in [0, 0.1) is 0 Å². The maximum Gasteiger partial charge on any atom is 0.453 e. The van der Waals surface area contributed by atoms with Gasteiger partial charge in [0, 0.05) is 25.0 Å². The van der Waals surface area contributed by atoms with Gasteiger partial charge in [-0.3, -0.25) is 0 Å². The highest BCUT2D eigenvalue weighted by Crippen LogP contribution is 2.38. The number of aromatic nitrogens is 7. The van der Waals surface area contributed by atoms with E-state index in [9.17, 15) is 13.2 Å². The van der Waals surface area contributed by atoms with Crippen LogP contribution in [0.15, 0.2) is 18.5 Å². The zero-order valence-electron chi connectivity index (χ0n) is 14.3. The van der Waals surface area contributed by atoms with Gasteiger partial charge in [-0.1, -0.05) is 0 Å². The first-order valence-corrected chi connectivity index (χ1v) is 8.95. The molecule has 1 saturated carbocycles. The Hall–Kier alpha value is -2.72. The van der Waals surface area contributed by atoms with E-state index in [0.29, 0.717) is 18.4 Å². The van der Waals surface area contributed by atoms with Gasteiger partial charge < -0.3 is 9.47 Å². The molecule has 1 atom stereocenters. The Balaban J connectivity index is 1.44. The maximum atomic E-state index is 13.1. The topological polar surface area (TPSA) is 77.0 Å². The lowest BCUT2D eigenvalue weighted by Crippen LogP contribution is -2.36. The molecule has 0 N–H and O–H groups in total. The predicted molar refractivity (Wildman–Crippen MR) is 88.3 cm³/mol. The first-order valence-electron chi connectivity index (χ1n) is 8.95. The second-order valence-corrected chi connectivity index (χ2v) is 7.10. The monoisotopic (exact) mass is 378 g/mol. The number of hydrogen-bond acceptors (Lipinski definition) is 6. The van der Waals surface area contributed by atoms with Crippen LogP contribution in [0.4, 0.5) is 19.0 Å². The summed E-state index contributed by atoms with van der Waals surface area (Å²) in [6.45, 7) is 1.38. The van der Waals surface area contributed by atoms with Crippen molar-refractivity contribution in [3.05, 3.63) is 30.1 Å². The number of nitrogens with zero attached hydrogens (tertiary/aromatic N) is 8. The summed E-state index contributed by atoms with van der Waals surface area (Å²) < 4.78 is 42.2. The SMILES string of the molecule is FC(F)(F)c1nnc2ccc(N3CCCC(c4nncn4C4CC4)C3)nn12. The van der Waals surface area contributed by atoms with E-state index in [0.717, 1.165) is 42.6 Å². The van der Waals surface area contributed by atoms with Crippen molar-refractivity contribution in [2.24, 2.45) is 0 Å². The molecule has 0 bridgehead atoms. The summed E-state index contributed by atoms with van der Waals surface area (Å²) in [5.74, 6) is 0.516. The van der Waals surface area contributed by atoms with Gasteiger partial charge in [-0.2, -0.15) is 17.7 Å². The predicted octanol–water partition coefficient (Wildman–Crippen LogP) is 2.45. The van der Waals surface area contributed by atoms with Crippen LogP contribution in [0.1, 0.15) is 49.3 Å². The smallest absolute Gasteiger partial charge is 0.354 e. The number of halogens is 3. The van der Waals surface area contributed by atoms with Crippen LogP contribution in [0.25, 0.3) is 5.65 Å². The highest BCUT2D eigenvalue weighted by molar-refractivity contribution is 5.46. The molecule has 3 aromatic heterocycles. The summed E-state index contributed by atoms with van der Waals surface area (Å²) in [5, 5.41) is 19.3. The fraction of sp³-hybridized carbons (Fsp3) is 0.562. The lowest BCUT2D eigenvalue weighted by atomic mass is 9.97. The number of piperidine rings is 1. The quantitative estimate of drug-likeness (QED) is 0.697. The van der Waals surface area contributed by atoms with Crippen molar-refractivity contribution in [2.75, 3.05) is 18.0 Å². The first-order chi connectivity index (χ1) is 13.0. The zero-order valence-corrected chi connectivity index (χ0v) is 14.3. The number of rotatable bonds is 3. The van der Waals surface area contributed by atoms with Crippen molar-refractivity contribution in [2.45, 2.75) is 43.8 Å². The molecule has 3 aromatic rings. The van der Waals surface area contributed by atoms with Crippen molar-refractivity contribution >= 4 is 11.5 Å². The third-order valence-electron chi connectivity index (χ3n) is 5.15. The molecule has 0 aromatic carbocycles. The van der Waals surface area contributed by atoms with Crippen molar-refractivity contribution < 1.29 is 13.2 Å². The third kappa shape index (κ3) is 2.90.